The van der Waals surface area contributed by atoms with Crippen molar-refractivity contribution >= 4 is 17.8 Å². The molecule has 1 saturated carbocycles. The van der Waals surface area contributed by atoms with E-state index in [0.717, 1.165) is 5.56 Å². The summed E-state index contributed by atoms with van der Waals surface area (Å²) in [4.78, 5) is 36.8. The van der Waals surface area contributed by atoms with Gasteiger partial charge in [0.2, 0.25) is 11.8 Å². The molecule has 5 nitrogen and oxygen atoms in total. The van der Waals surface area contributed by atoms with Gasteiger partial charge in [0.05, 0.1) is 31.4 Å². The zero-order chi connectivity index (χ0) is 13.6. The highest BCUT2D eigenvalue weighted by Gasteiger charge is 2.70. The van der Waals surface area contributed by atoms with Gasteiger partial charge in [0.1, 0.15) is 0 Å². The SMILES string of the molecule is COC(=O)C1[C@H]2C(=O)N(Cc3ccccc3)C(=O)[C@@H]12. The lowest BCUT2D eigenvalue weighted by Gasteiger charge is -2.17. The van der Waals surface area contributed by atoms with Crippen molar-refractivity contribution in [1.29, 1.82) is 0 Å². The Hall–Kier alpha value is -2.17. The lowest BCUT2D eigenvalue weighted by atomic mass is 10.2. The molecule has 0 bridgehead atoms. The van der Waals surface area contributed by atoms with E-state index >= 15 is 0 Å². The Balaban J connectivity index is 1.74. The summed E-state index contributed by atoms with van der Waals surface area (Å²) < 4.78 is 4.60. The van der Waals surface area contributed by atoms with Crippen LogP contribution in [0, 0.1) is 17.8 Å². The Labute approximate surface area is 110 Å². The molecule has 1 aromatic carbocycles. The number of fused-ring (bicyclic) bond motifs is 1. The van der Waals surface area contributed by atoms with E-state index in [4.69, 9.17) is 0 Å². The molecule has 3 rings (SSSR count). The van der Waals surface area contributed by atoms with Crippen LogP contribution >= 0.6 is 0 Å². The van der Waals surface area contributed by atoms with Crippen LogP contribution in [0.1, 0.15) is 5.56 Å². The number of hydrogen-bond donors (Lipinski definition) is 0. The number of carbonyl (C=O) groups is 3. The molecule has 1 heterocycles. The molecule has 1 aliphatic carbocycles. The molecule has 1 saturated heterocycles. The maximum atomic E-state index is 12.1. The van der Waals surface area contributed by atoms with Gasteiger partial charge < -0.3 is 4.74 Å². The number of carbonyl (C=O) groups excluding carboxylic acids is 3. The highest BCUT2D eigenvalue weighted by atomic mass is 16.5. The van der Waals surface area contributed by atoms with Crippen LogP contribution in [-0.4, -0.2) is 29.8 Å². The van der Waals surface area contributed by atoms with Gasteiger partial charge >= 0.3 is 5.97 Å². The van der Waals surface area contributed by atoms with Crippen LogP contribution in [0.25, 0.3) is 0 Å². The number of piperidine rings is 1. The van der Waals surface area contributed by atoms with E-state index in [9.17, 15) is 14.4 Å². The summed E-state index contributed by atoms with van der Waals surface area (Å²) in [7, 11) is 1.27. The number of hydrogen-bond acceptors (Lipinski definition) is 4. The number of amides is 2. The lowest BCUT2D eigenvalue weighted by Crippen LogP contribution is -2.35. The first kappa shape index (κ1) is 11.9. The van der Waals surface area contributed by atoms with Gasteiger partial charge in [0.25, 0.3) is 0 Å². The highest BCUT2D eigenvalue weighted by molar-refractivity contribution is 6.13. The van der Waals surface area contributed by atoms with Gasteiger partial charge in [0, 0.05) is 0 Å². The zero-order valence-corrected chi connectivity index (χ0v) is 10.4. The van der Waals surface area contributed by atoms with Gasteiger partial charge in [-0.25, -0.2) is 0 Å². The van der Waals surface area contributed by atoms with Crippen LogP contribution in [0.15, 0.2) is 30.3 Å². The molecule has 2 aliphatic rings. The second-order valence-electron chi connectivity index (χ2n) is 4.85. The molecule has 3 atom stereocenters. The maximum Gasteiger partial charge on any atom is 0.310 e. The Kier molecular flexibility index (Phi) is 2.62. The van der Waals surface area contributed by atoms with Gasteiger partial charge in [-0.1, -0.05) is 30.3 Å². The van der Waals surface area contributed by atoms with Crippen molar-refractivity contribution in [2.75, 3.05) is 7.11 Å². The quantitative estimate of drug-likeness (QED) is 0.588. The second kappa shape index (κ2) is 4.19. The topological polar surface area (TPSA) is 63.7 Å². The number of benzene rings is 1. The monoisotopic (exact) mass is 259 g/mol. The predicted molar refractivity (Wildman–Crippen MR) is 64.5 cm³/mol. The Morgan fingerprint density at radius 2 is 1.74 bits per heavy atom. The summed E-state index contributed by atoms with van der Waals surface area (Å²) in [5.41, 5.74) is 0.903. The molecule has 19 heavy (non-hydrogen) atoms. The van der Waals surface area contributed by atoms with Crippen LogP contribution in [0.3, 0.4) is 0 Å². The highest BCUT2D eigenvalue weighted by Crippen LogP contribution is 2.54. The molecular weight excluding hydrogens is 246 g/mol. The van der Waals surface area contributed by atoms with Gasteiger partial charge in [-0.3, -0.25) is 19.3 Å². The summed E-state index contributed by atoms with van der Waals surface area (Å²) in [5.74, 6) is -2.52. The van der Waals surface area contributed by atoms with Gasteiger partial charge in [-0.2, -0.15) is 0 Å². The number of rotatable bonds is 3. The van der Waals surface area contributed by atoms with E-state index < -0.39 is 23.7 Å². The average molecular weight is 259 g/mol. The third-order valence-corrected chi connectivity index (χ3v) is 3.78. The van der Waals surface area contributed by atoms with E-state index in [-0.39, 0.29) is 18.4 Å². The van der Waals surface area contributed by atoms with E-state index in [0.29, 0.717) is 0 Å². The van der Waals surface area contributed by atoms with Gasteiger partial charge in [0.15, 0.2) is 0 Å². The molecule has 98 valence electrons. The number of ether oxygens (including phenoxy) is 1. The lowest BCUT2D eigenvalue weighted by molar-refractivity contribution is -0.150. The first-order valence-electron chi connectivity index (χ1n) is 6.12. The van der Waals surface area contributed by atoms with Crippen molar-refractivity contribution in [1.82, 2.24) is 4.90 Å². The Morgan fingerprint density at radius 1 is 1.16 bits per heavy atom. The minimum atomic E-state index is -0.558. The number of likely N-dealkylation sites (tertiary alicyclic amines) is 1. The first-order chi connectivity index (χ1) is 9.15. The van der Waals surface area contributed by atoms with Crippen LogP contribution in [-0.2, 0) is 25.7 Å². The molecule has 0 N–H and O–H groups in total. The zero-order valence-electron chi connectivity index (χ0n) is 10.4. The normalized spacial score (nSPS) is 28.3. The van der Waals surface area contributed by atoms with E-state index in [1.807, 2.05) is 30.3 Å². The first-order valence-corrected chi connectivity index (χ1v) is 6.12. The fourth-order valence-corrected chi connectivity index (χ4v) is 2.75. The van der Waals surface area contributed by atoms with Crippen LogP contribution in [0.4, 0.5) is 0 Å². The second-order valence-corrected chi connectivity index (χ2v) is 4.85. The molecule has 0 spiro atoms. The van der Waals surface area contributed by atoms with Crippen LogP contribution in [0.2, 0.25) is 0 Å². The number of methoxy groups -OCH3 is 1. The summed E-state index contributed by atoms with van der Waals surface area (Å²) >= 11 is 0. The van der Waals surface area contributed by atoms with Crippen molar-refractivity contribution < 1.29 is 19.1 Å². The van der Waals surface area contributed by atoms with Gasteiger partial charge in [-0.05, 0) is 5.56 Å². The molecule has 2 amide bonds. The summed E-state index contributed by atoms with van der Waals surface area (Å²) in [6, 6.07) is 9.32. The number of imide groups is 1. The average Bonchev–Trinajstić information content (AvgIpc) is 3.13. The Morgan fingerprint density at radius 3 is 2.26 bits per heavy atom. The van der Waals surface area contributed by atoms with Crippen LogP contribution < -0.4 is 0 Å². The van der Waals surface area contributed by atoms with E-state index in [1.165, 1.54) is 12.0 Å². The largest absolute Gasteiger partial charge is 0.469 e. The number of esters is 1. The molecule has 0 aromatic heterocycles. The molecule has 1 aliphatic heterocycles. The minimum Gasteiger partial charge on any atom is -0.469 e. The maximum absolute atomic E-state index is 12.1. The fraction of sp³-hybridized carbons (Fsp3) is 0.357. The predicted octanol–water partition coefficient (Wildman–Crippen LogP) is 0.591. The summed E-state index contributed by atoms with van der Waals surface area (Å²) in [6.45, 7) is 0.277. The van der Waals surface area contributed by atoms with Crippen molar-refractivity contribution in [2.24, 2.45) is 17.8 Å². The number of nitrogens with zero attached hydrogens (tertiary/aromatic N) is 1. The van der Waals surface area contributed by atoms with Crippen molar-refractivity contribution in [3.8, 4) is 0 Å². The van der Waals surface area contributed by atoms with Crippen molar-refractivity contribution in [2.45, 2.75) is 6.54 Å². The molecular formula is C14H13NO4. The van der Waals surface area contributed by atoms with Crippen molar-refractivity contribution in [3.05, 3.63) is 35.9 Å². The molecule has 1 aromatic rings. The van der Waals surface area contributed by atoms with E-state index in [1.54, 1.807) is 0 Å². The van der Waals surface area contributed by atoms with E-state index in [2.05, 4.69) is 4.74 Å². The van der Waals surface area contributed by atoms with Crippen LogP contribution in [0.5, 0.6) is 0 Å². The third kappa shape index (κ3) is 1.73. The summed E-state index contributed by atoms with van der Waals surface area (Å²) in [6.07, 6.45) is 0. The third-order valence-electron chi connectivity index (χ3n) is 3.78. The minimum absolute atomic E-state index is 0.255. The fourth-order valence-electron chi connectivity index (χ4n) is 2.75. The molecule has 5 heteroatoms. The molecule has 2 fully saturated rings. The smallest absolute Gasteiger partial charge is 0.310 e. The standard InChI is InChI=1S/C14H13NO4/c1-19-14(18)11-9-10(11)13(17)15(12(9)16)7-8-5-3-2-4-6-8/h2-6,9-11H,7H2,1H3/t9-,10+,11?. The summed E-state index contributed by atoms with van der Waals surface area (Å²) in [5, 5.41) is 0. The van der Waals surface area contributed by atoms with Crippen molar-refractivity contribution in [3.63, 3.8) is 0 Å². The molecule has 0 radical (unpaired) electrons. The molecule has 1 unspecified atom stereocenters. The van der Waals surface area contributed by atoms with Gasteiger partial charge in [-0.15, -0.1) is 0 Å². The Bertz CT molecular complexity index is 532.